The average molecular weight is 587 g/mol. The van der Waals surface area contributed by atoms with Gasteiger partial charge in [0.05, 0.1) is 18.0 Å². The first-order valence-electron chi connectivity index (χ1n) is 15.8. The van der Waals surface area contributed by atoms with E-state index in [0.717, 1.165) is 35.8 Å². The number of ketones is 1. The Balaban J connectivity index is 1.19. The van der Waals surface area contributed by atoms with Crippen LogP contribution in [0, 0.1) is 11.3 Å². The highest BCUT2D eigenvalue weighted by Crippen LogP contribution is 2.26. The lowest BCUT2D eigenvalue weighted by Gasteiger charge is -2.19. The third kappa shape index (κ3) is 10.2. The second-order valence-electron chi connectivity index (χ2n) is 10.9. The molecule has 0 radical (unpaired) electrons. The molecule has 6 heteroatoms. The van der Waals surface area contributed by atoms with Gasteiger partial charge in [0.15, 0.2) is 0 Å². The van der Waals surface area contributed by atoms with Crippen molar-refractivity contribution in [3.8, 4) is 11.8 Å². The van der Waals surface area contributed by atoms with Crippen LogP contribution in [0.2, 0.25) is 0 Å². The summed E-state index contributed by atoms with van der Waals surface area (Å²) in [4.78, 5) is 14.7. The van der Waals surface area contributed by atoms with Crippen molar-refractivity contribution in [3.05, 3.63) is 120 Å². The Labute approximate surface area is 262 Å². The minimum atomic E-state index is -0.285. The van der Waals surface area contributed by atoms with Gasteiger partial charge in [0.1, 0.15) is 17.4 Å². The molecule has 1 heterocycles. The van der Waals surface area contributed by atoms with Crippen LogP contribution in [0.5, 0.6) is 5.75 Å². The summed E-state index contributed by atoms with van der Waals surface area (Å²) < 4.78 is 5.90. The molecule has 0 saturated heterocycles. The van der Waals surface area contributed by atoms with Gasteiger partial charge in [-0.1, -0.05) is 95.0 Å². The summed E-state index contributed by atoms with van der Waals surface area (Å²) in [6.07, 6.45) is 20.4. The van der Waals surface area contributed by atoms with E-state index < -0.39 is 0 Å². The Kier molecular flexibility index (Phi) is 13.2. The van der Waals surface area contributed by atoms with Gasteiger partial charge in [0.2, 0.25) is 5.78 Å². The highest BCUT2D eigenvalue weighted by Gasteiger charge is 2.16. The quantitative estimate of drug-likeness (QED) is 0.0518. The molecule has 0 aliphatic carbocycles. The number of Topliss-reactive ketones (excluding diaryl/α,β-unsaturated/α-hetero) is 1. The lowest BCUT2D eigenvalue weighted by Crippen LogP contribution is -2.11. The van der Waals surface area contributed by atoms with E-state index in [1.807, 2.05) is 71.9 Å². The molecule has 0 amide bonds. The minimum Gasteiger partial charge on any atom is -0.494 e. The lowest BCUT2D eigenvalue weighted by atomic mass is 9.98. The molecule has 226 valence electrons. The van der Waals surface area contributed by atoms with Gasteiger partial charge in [0.25, 0.3) is 0 Å². The van der Waals surface area contributed by atoms with Crippen molar-refractivity contribution in [2.45, 2.75) is 71.1 Å². The van der Waals surface area contributed by atoms with E-state index in [2.05, 4.69) is 23.2 Å². The average Bonchev–Trinajstić information content (AvgIpc) is 3.08. The Bertz CT molecular complexity index is 1460. The minimum absolute atomic E-state index is 0.118. The van der Waals surface area contributed by atoms with Crippen molar-refractivity contribution >= 4 is 22.8 Å². The smallest absolute Gasteiger partial charge is 0.204 e. The fraction of sp³-hybridized carbons (Fsp3) is 0.316. The van der Waals surface area contributed by atoms with Crippen LogP contribution in [-0.2, 0) is 0 Å². The van der Waals surface area contributed by atoms with E-state index >= 15 is 0 Å². The fourth-order valence-corrected chi connectivity index (χ4v) is 4.94. The van der Waals surface area contributed by atoms with E-state index in [0.29, 0.717) is 11.1 Å². The molecule has 0 saturated carbocycles. The summed E-state index contributed by atoms with van der Waals surface area (Å²) >= 11 is 0. The molecule has 0 bridgehead atoms. The molecule has 4 rings (SSSR count). The molecule has 3 aromatic carbocycles. The number of nitriles is 1. The van der Waals surface area contributed by atoms with Crippen LogP contribution in [-0.4, -0.2) is 12.4 Å². The van der Waals surface area contributed by atoms with Crippen LogP contribution < -0.4 is 9.64 Å². The van der Waals surface area contributed by atoms with Gasteiger partial charge in [-0.25, -0.2) is 0 Å². The Morgan fingerprint density at radius 3 is 1.84 bits per heavy atom. The lowest BCUT2D eigenvalue weighted by molar-refractivity contribution is 0.103. The highest BCUT2D eigenvalue weighted by molar-refractivity contribution is 6.12. The molecule has 0 aromatic heterocycles. The van der Waals surface area contributed by atoms with E-state index in [-0.39, 0.29) is 11.4 Å². The summed E-state index contributed by atoms with van der Waals surface area (Å²) in [6, 6.07) is 26.3. The highest BCUT2D eigenvalue weighted by atomic mass is 16.5. The zero-order valence-electron chi connectivity index (χ0n) is 25.7. The van der Waals surface area contributed by atoms with Crippen molar-refractivity contribution < 1.29 is 9.53 Å². The molecule has 1 aliphatic rings. The first-order chi connectivity index (χ1) is 21.7. The van der Waals surface area contributed by atoms with Gasteiger partial charge in [-0.3, -0.25) is 4.79 Å². The molecule has 0 unspecified atom stereocenters. The number of benzene rings is 3. The monoisotopic (exact) mass is 586 g/mol. The number of hydrogen-bond acceptors (Lipinski definition) is 6. The molecular weight excluding hydrogens is 544 g/mol. The van der Waals surface area contributed by atoms with Crippen molar-refractivity contribution in [2.24, 2.45) is 10.2 Å². The van der Waals surface area contributed by atoms with Crippen LogP contribution >= 0.6 is 0 Å². The molecule has 0 N–H and O–H groups in total. The van der Waals surface area contributed by atoms with E-state index in [4.69, 9.17) is 4.74 Å². The molecular formula is C38H42N4O2. The van der Waals surface area contributed by atoms with E-state index in [9.17, 15) is 10.1 Å². The molecule has 3 aromatic rings. The van der Waals surface area contributed by atoms with Crippen LogP contribution in [0.4, 0.5) is 17.1 Å². The summed E-state index contributed by atoms with van der Waals surface area (Å²) in [5, 5.41) is 18.4. The number of rotatable bonds is 17. The maximum atomic E-state index is 12.8. The zero-order valence-corrected chi connectivity index (χ0v) is 25.7. The summed E-state index contributed by atoms with van der Waals surface area (Å²) in [7, 11) is 0. The van der Waals surface area contributed by atoms with Crippen molar-refractivity contribution in [2.75, 3.05) is 11.5 Å². The third-order valence-electron chi connectivity index (χ3n) is 7.53. The zero-order chi connectivity index (χ0) is 30.8. The second-order valence-corrected chi connectivity index (χ2v) is 10.9. The number of unbranched alkanes of at least 4 members (excludes halogenated alkanes) is 9. The molecule has 6 nitrogen and oxygen atoms in total. The van der Waals surface area contributed by atoms with E-state index in [1.165, 1.54) is 57.8 Å². The van der Waals surface area contributed by atoms with Gasteiger partial charge >= 0.3 is 0 Å². The van der Waals surface area contributed by atoms with Crippen molar-refractivity contribution in [1.29, 1.82) is 5.26 Å². The first kappa shape index (κ1) is 32.2. The molecule has 0 fully saturated rings. The summed E-state index contributed by atoms with van der Waals surface area (Å²) in [6.45, 7) is 3.01. The molecule has 0 spiro atoms. The number of allylic oxidation sites excluding steroid dienone is 4. The maximum Gasteiger partial charge on any atom is 0.204 e. The Hall–Kier alpha value is -4.76. The first-order valence-corrected chi connectivity index (χ1v) is 15.8. The fourth-order valence-electron chi connectivity index (χ4n) is 4.94. The predicted octanol–water partition coefficient (Wildman–Crippen LogP) is 11.0. The second kappa shape index (κ2) is 18.0. The normalized spacial score (nSPS) is 12.5. The number of carbonyl (C=O) groups excluding carboxylic acids is 1. The Morgan fingerprint density at radius 1 is 0.727 bits per heavy atom. The maximum absolute atomic E-state index is 12.8. The van der Waals surface area contributed by atoms with Gasteiger partial charge in [0, 0.05) is 23.7 Å². The number of anilines is 1. The van der Waals surface area contributed by atoms with E-state index in [1.54, 1.807) is 36.4 Å². The van der Waals surface area contributed by atoms with Crippen LogP contribution in [0.25, 0.3) is 0 Å². The standard InChI is InChI=1S/C38H42N4O2/c1-2-3-4-5-6-7-8-9-10-14-29-44-36-23-19-34(20-24-36)41-40-33-17-21-35(22-18-33)42-27-25-31(26-28-42)37(30-39)38(43)32-15-12-11-13-16-32/h11-13,15-28H,2-10,14,29H2,1H3. The number of ether oxygens (including phenoxy) is 1. The van der Waals surface area contributed by atoms with Gasteiger partial charge in [-0.05, 0) is 72.7 Å². The van der Waals surface area contributed by atoms with Crippen LogP contribution in [0.3, 0.4) is 0 Å². The van der Waals surface area contributed by atoms with Crippen LogP contribution in [0.1, 0.15) is 81.5 Å². The SMILES string of the molecule is CCCCCCCCCCCCOc1ccc(N=Nc2ccc(N3C=CC(=C(C#N)C(=O)c4ccccc4)C=C3)cc2)cc1. The number of hydrogen-bond donors (Lipinski definition) is 0. The van der Waals surface area contributed by atoms with Crippen molar-refractivity contribution in [3.63, 3.8) is 0 Å². The molecule has 0 atom stereocenters. The number of carbonyl (C=O) groups is 1. The number of nitrogens with zero attached hydrogens (tertiary/aromatic N) is 4. The summed E-state index contributed by atoms with van der Waals surface area (Å²) in [5.41, 5.74) is 3.62. The van der Waals surface area contributed by atoms with Gasteiger partial charge in [-0.15, -0.1) is 0 Å². The third-order valence-corrected chi connectivity index (χ3v) is 7.53. The van der Waals surface area contributed by atoms with Crippen LogP contribution in [0.15, 0.2) is 125 Å². The Morgan fingerprint density at radius 2 is 1.27 bits per heavy atom. The largest absolute Gasteiger partial charge is 0.494 e. The summed E-state index contributed by atoms with van der Waals surface area (Å²) in [5.74, 6) is 0.572. The van der Waals surface area contributed by atoms with Crippen molar-refractivity contribution in [1.82, 2.24) is 0 Å². The van der Waals surface area contributed by atoms with Gasteiger partial charge in [-0.2, -0.15) is 15.5 Å². The topological polar surface area (TPSA) is 78.1 Å². The molecule has 44 heavy (non-hydrogen) atoms. The van der Waals surface area contributed by atoms with Gasteiger partial charge < -0.3 is 9.64 Å². The predicted molar refractivity (Wildman–Crippen MR) is 179 cm³/mol. The molecule has 1 aliphatic heterocycles. The number of azo groups is 1.